The van der Waals surface area contributed by atoms with E-state index in [0.717, 1.165) is 19.4 Å². The molecule has 1 aromatic heterocycles. The summed E-state index contributed by atoms with van der Waals surface area (Å²) in [6.45, 7) is 4.27. The number of amides is 2. The Hall–Kier alpha value is -1.86. The van der Waals surface area contributed by atoms with Crippen molar-refractivity contribution in [3.8, 4) is 0 Å². The third kappa shape index (κ3) is 4.22. The van der Waals surface area contributed by atoms with Gasteiger partial charge in [-0.2, -0.15) is 0 Å². The third-order valence-corrected chi connectivity index (χ3v) is 5.09. The zero-order valence-electron chi connectivity index (χ0n) is 14.8. The van der Waals surface area contributed by atoms with Gasteiger partial charge in [0.1, 0.15) is 5.76 Å². The molecule has 2 aliphatic rings. The van der Waals surface area contributed by atoms with Crippen molar-refractivity contribution in [1.29, 1.82) is 0 Å². The number of aliphatic hydroxyl groups is 1. The molecule has 0 bridgehead atoms. The van der Waals surface area contributed by atoms with Gasteiger partial charge >= 0.3 is 0 Å². The third-order valence-electron chi connectivity index (χ3n) is 5.09. The van der Waals surface area contributed by atoms with Crippen LogP contribution in [0.3, 0.4) is 0 Å². The van der Waals surface area contributed by atoms with Gasteiger partial charge in [0.05, 0.1) is 18.6 Å². The topological polar surface area (TPSA) is 101 Å². The fraction of sp³-hybridized carbons (Fsp3) is 0.667. The summed E-state index contributed by atoms with van der Waals surface area (Å²) in [6, 6.07) is 1.68. The molecule has 7 nitrogen and oxygen atoms in total. The van der Waals surface area contributed by atoms with E-state index in [1.165, 1.54) is 0 Å². The van der Waals surface area contributed by atoms with Gasteiger partial charge in [-0.05, 0) is 45.6 Å². The molecule has 2 heterocycles. The lowest BCUT2D eigenvalue weighted by Gasteiger charge is -2.36. The van der Waals surface area contributed by atoms with E-state index >= 15 is 0 Å². The average Bonchev–Trinajstić information content (AvgIpc) is 3.10. The monoisotopic (exact) mass is 350 g/mol. The van der Waals surface area contributed by atoms with Gasteiger partial charge in [-0.1, -0.05) is 0 Å². The fourth-order valence-electron chi connectivity index (χ4n) is 3.49. The van der Waals surface area contributed by atoms with E-state index in [1.54, 1.807) is 13.0 Å². The van der Waals surface area contributed by atoms with Gasteiger partial charge in [-0.15, -0.1) is 0 Å². The molecule has 1 unspecified atom stereocenters. The number of carbonyl (C=O) groups is 2. The van der Waals surface area contributed by atoms with Crippen LogP contribution in [0.1, 0.15) is 60.9 Å². The molecule has 0 spiro atoms. The lowest BCUT2D eigenvalue weighted by Crippen LogP contribution is -2.54. The first-order chi connectivity index (χ1) is 11.9. The number of hydrogen-bond acceptors (Lipinski definition) is 5. The largest absolute Gasteiger partial charge is 0.456 e. The quantitative estimate of drug-likeness (QED) is 0.720. The summed E-state index contributed by atoms with van der Waals surface area (Å²) in [5.41, 5.74) is 0.287. The highest BCUT2D eigenvalue weighted by Gasteiger charge is 2.36. The van der Waals surface area contributed by atoms with Crippen LogP contribution >= 0.6 is 0 Å². The first kappa shape index (κ1) is 17.9. The predicted octanol–water partition coefficient (Wildman–Crippen LogP) is 1.42. The fourth-order valence-corrected chi connectivity index (χ4v) is 3.49. The molecule has 3 N–H and O–H groups in total. The Morgan fingerprint density at radius 2 is 2.04 bits per heavy atom. The van der Waals surface area contributed by atoms with Gasteiger partial charge in [0.15, 0.2) is 5.76 Å². The van der Waals surface area contributed by atoms with Crippen LogP contribution in [-0.4, -0.2) is 41.2 Å². The molecule has 2 amide bonds. The number of aliphatic hydroxyl groups excluding tert-OH is 1. The molecule has 0 radical (unpaired) electrons. The molecule has 0 aromatic carbocycles. The van der Waals surface area contributed by atoms with Crippen molar-refractivity contribution < 1.29 is 23.8 Å². The van der Waals surface area contributed by atoms with Crippen LogP contribution in [0.25, 0.3) is 0 Å². The Morgan fingerprint density at radius 1 is 1.32 bits per heavy atom. The van der Waals surface area contributed by atoms with Crippen LogP contribution in [0, 0.1) is 6.92 Å². The van der Waals surface area contributed by atoms with Gasteiger partial charge in [0.2, 0.25) is 5.91 Å². The molecule has 1 aromatic rings. The van der Waals surface area contributed by atoms with Crippen LogP contribution < -0.4 is 10.6 Å². The molecular weight excluding hydrogens is 324 g/mol. The van der Waals surface area contributed by atoms with Crippen molar-refractivity contribution in [3.05, 3.63) is 23.2 Å². The van der Waals surface area contributed by atoms with Gasteiger partial charge in [0, 0.05) is 24.3 Å². The van der Waals surface area contributed by atoms with E-state index in [-0.39, 0.29) is 41.9 Å². The molecule has 25 heavy (non-hydrogen) atoms. The Bertz CT molecular complexity index is 642. The molecule has 7 heteroatoms. The number of ether oxygens (including phenoxy) is 1. The van der Waals surface area contributed by atoms with Gasteiger partial charge in [-0.3, -0.25) is 9.59 Å². The van der Waals surface area contributed by atoms with Gasteiger partial charge in [-0.25, -0.2) is 0 Å². The molecule has 1 aliphatic carbocycles. The summed E-state index contributed by atoms with van der Waals surface area (Å²) in [5.74, 6) is 0.479. The van der Waals surface area contributed by atoms with E-state index < -0.39 is 0 Å². The van der Waals surface area contributed by atoms with E-state index in [1.807, 2.05) is 6.92 Å². The first-order valence-corrected chi connectivity index (χ1v) is 8.83. The zero-order valence-corrected chi connectivity index (χ0v) is 14.8. The Morgan fingerprint density at radius 3 is 2.64 bits per heavy atom. The highest BCUT2D eigenvalue weighted by Crippen LogP contribution is 2.29. The zero-order chi connectivity index (χ0) is 18.0. The van der Waals surface area contributed by atoms with E-state index in [9.17, 15) is 9.59 Å². The minimum atomic E-state index is -0.330. The highest BCUT2D eigenvalue weighted by molar-refractivity contribution is 5.92. The molecular formula is C18H26N2O5. The molecule has 3 rings (SSSR count). The second kappa shape index (κ2) is 7.17. The maximum Gasteiger partial charge on any atom is 0.287 e. The Balaban J connectivity index is 1.40. The molecule has 2 fully saturated rings. The van der Waals surface area contributed by atoms with Crippen molar-refractivity contribution in [1.82, 2.24) is 10.6 Å². The number of furan rings is 1. The summed E-state index contributed by atoms with van der Waals surface area (Å²) in [6.07, 6.45) is 3.73. The van der Waals surface area contributed by atoms with Crippen LogP contribution in [0.2, 0.25) is 0 Å². The summed E-state index contributed by atoms with van der Waals surface area (Å²) in [4.78, 5) is 24.3. The minimum Gasteiger partial charge on any atom is -0.456 e. The van der Waals surface area contributed by atoms with Crippen molar-refractivity contribution in [2.45, 2.75) is 70.2 Å². The molecule has 138 valence electrons. The molecule has 1 saturated carbocycles. The number of carbonyl (C=O) groups excluding carboxylic acids is 2. The van der Waals surface area contributed by atoms with Gasteiger partial charge in [0.25, 0.3) is 5.91 Å². The average molecular weight is 350 g/mol. The number of rotatable bonds is 6. The van der Waals surface area contributed by atoms with Crippen molar-refractivity contribution in [2.75, 3.05) is 6.61 Å². The van der Waals surface area contributed by atoms with Crippen LogP contribution in [0.5, 0.6) is 0 Å². The number of aryl methyl sites for hydroxylation is 1. The smallest absolute Gasteiger partial charge is 0.287 e. The minimum absolute atomic E-state index is 0.00780. The van der Waals surface area contributed by atoms with Gasteiger partial charge < -0.3 is 24.9 Å². The first-order valence-electron chi connectivity index (χ1n) is 8.83. The van der Waals surface area contributed by atoms with Crippen molar-refractivity contribution >= 4 is 11.8 Å². The summed E-state index contributed by atoms with van der Waals surface area (Å²) < 4.78 is 11.0. The molecule has 1 saturated heterocycles. The van der Waals surface area contributed by atoms with Crippen LogP contribution in [-0.2, 0) is 16.1 Å². The summed E-state index contributed by atoms with van der Waals surface area (Å²) >= 11 is 0. The Kier molecular flexibility index (Phi) is 5.15. The van der Waals surface area contributed by atoms with E-state index in [2.05, 4.69) is 10.6 Å². The van der Waals surface area contributed by atoms with E-state index in [0.29, 0.717) is 30.6 Å². The second-order valence-electron chi connectivity index (χ2n) is 7.34. The van der Waals surface area contributed by atoms with Crippen LogP contribution in [0.15, 0.2) is 10.5 Å². The molecule has 1 atom stereocenters. The lowest BCUT2D eigenvalue weighted by atomic mass is 9.86. The lowest BCUT2D eigenvalue weighted by molar-refractivity contribution is -0.127. The predicted molar refractivity (Wildman–Crippen MR) is 90.0 cm³/mol. The second-order valence-corrected chi connectivity index (χ2v) is 7.34. The number of hydrogen-bond donors (Lipinski definition) is 3. The highest BCUT2D eigenvalue weighted by atomic mass is 16.5. The SMILES string of the molecule is Cc1oc(C(=O)NC2CC(NC(=O)CC3(C)CCCO3)C2)cc1CO. The van der Waals surface area contributed by atoms with E-state index in [4.69, 9.17) is 14.3 Å². The van der Waals surface area contributed by atoms with Crippen molar-refractivity contribution in [3.63, 3.8) is 0 Å². The standard InChI is InChI=1S/C18H26N2O5/c1-11-12(10-21)6-15(25-11)17(23)20-14-7-13(8-14)19-16(22)9-18(2)4-3-5-24-18/h6,13-14,21H,3-5,7-10H2,1-2H3,(H,19,22)(H,20,23). The van der Waals surface area contributed by atoms with Crippen molar-refractivity contribution in [2.24, 2.45) is 0 Å². The Labute approximate surface area is 147 Å². The summed E-state index contributed by atoms with van der Waals surface area (Å²) in [7, 11) is 0. The molecule has 1 aliphatic heterocycles. The maximum atomic E-state index is 12.1. The summed E-state index contributed by atoms with van der Waals surface area (Å²) in [5, 5.41) is 15.0. The normalized spacial score (nSPS) is 28.4. The number of nitrogens with one attached hydrogen (secondary N) is 2. The van der Waals surface area contributed by atoms with Crippen LogP contribution in [0.4, 0.5) is 0 Å². The maximum absolute atomic E-state index is 12.1.